The molecule has 1 aromatic carbocycles. The number of benzene rings is 1. The van der Waals surface area contributed by atoms with Crippen LogP contribution in [0.15, 0.2) is 41.3 Å². The number of imidazole rings is 1. The Labute approximate surface area is 254 Å². The molecule has 1 unspecified atom stereocenters. The Bertz CT molecular complexity index is 1840. The van der Waals surface area contributed by atoms with Gasteiger partial charge in [-0.25, -0.2) is 27.8 Å². The molecule has 0 amide bonds. The number of ether oxygens (including phenoxy) is 3. The maximum Gasteiger partial charge on any atom is 0.184 e. The van der Waals surface area contributed by atoms with E-state index in [1.807, 2.05) is 11.5 Å². The summed E-state index contributed by atoms with van der Waals surface area (Å²) in [6.45, 7) is 3.68. The summed E-state index contributed by atoms with van der Waals surface area (Å²) in [6.07, 6.45) is 4.91. The zero-order valence-electron chi connectivity index (χ0n) is 24.3. The number of nitriles is 1. The maximum absolute atomic E-state index is 14.1. The molecule has 12 nitrogen and oxygen atoms in total. The summed E-state index contributed by atoms with van der Waals surface area (Å²) < 4.78 is 58.5. The van der Waals surface area contributed by atoms with E-state index in [-0.39, 0.29) is 28.6 Å². The van der Waals surface area contributed by atoms with E-state index in [0.29, 0.717) is 59.9 Å². The van der Waals surface area contributed by atoms with Crippen LogP contribution < -0.4 is 15.4 Å². The molecule has 230 valence electrons. The predicted octanol–water partition coefficient (Wildman–Crippen LogP) is 5.29. The molecule has 2 aliphatic rings. The normalized spacial score (nSPS) is 17.7. The fraction of sp³-hybridized carbons (Fsp3) is 0.400. The van der Waals surface area contributed by atoms with Gasteiger partial charge in [-0.05, 0) is 56.5 Å². The summed E-state index contributed by atoms with van der Waals surface area (Å²) >= 11 is 0. The highest BCUT2D eigenvalue weighted by atomic mass is 32.2. The van der Waals surface area contributed by atoms with Crippen molar-refractivity contribution in [3.05, 3.63) is 53.7 Å². The molecule has 44 heavy (non-hydrogen) atoms. The minimum Gasteiger partial charge on any atom is -0.487 e. The summed E-state index contributed by atoms with van der Waals surface area (Å²) in [7, 11) is -3.77. The average Bonchev–Trinajstić information content (AvgIpc) is 3.35. The van der Waals surface area contributed by atoms with Crippen LogP contribution >= 0.6 is 0 Å². The van der Waals surface area contributed by atoms with Crippen molar-refractivity contribution in [3.8, 4) is 11.8 Å². The standard InChI is InChI=1S/C30H32FN7O5S/c1-18-33-29-22(34-21-7-6-19(31)15-25(21)44(2,39)40)16-27(37-30(29)38(18)28-5-3-4-12-42-28)36-26-9-8-24(23(17-32)35-26)43-20-10-13-41-14-11-20/h6-9,15-16,20,28H,3-5,10-14H2,1-2H3,(H2,34,35,36,37). The highest BCUT2D eigenvalue weighted by molar-refractivity contribution is 7.90. The van der Waals surface area contributed by atoms with Crippen molar-refractivity contribution < 1.29 is 27.0 Å². The number of sulfone groups is 1. The summed E-state index contributed by atoms with van der Waals surface area (Å²) in [6, 6.07) is 10.7. The van der Waals surface area contributed by atoms with Crippen molar-refractivity contribution in [1.82, 2.24) is 19.5 Å². The fourth-order valence-electron chi connectivity index (χ4n) is 5.45. The molecule has 0 saturated carbocycles. The first-order chi connectivity index (χ1) is 21.2. The van der Waals surface area contributed by atoms with Crippen LogP contribution in [0.25, 0.3) is 11.2 Å². The second-order valence-corrected chi connectivity index (χ2v) is 12.8. The van der Waals surface area contributed by atoms with E-state index in [4.69, 9.17) is 24.2 Å². The quantitative estimate of drug-likeness (QED) is 0.264. The van der Waals surface area contributed by atoms with Gasteiger partial charge in [0.05, 0.1) is 29.5 Å². The maximum atomic E-state index is 14.1. The van der Waals surface area contributed by atoms with Gasteiger partial charge in [-0.15, -0.1) is 0 Å². The highest BCUT2D eigenvalue weighted by Crippen LogP contribution is 2.35. The molecule has 2 fully saturated rings. The molecule has 0 aliphatic carbocycles. The molecule has 3 aromatic heterocycles. The van der Waals surface area contributed by atoms with Crippen LogP contribution in [0, 0.1) is 24.1 Å². The topological polar surface area (TPSA) is 153 Å². The van der Waals surface area contributed by atoms with Gasteiger partial charge in [-0.1, -0.05) is 0 Å². The first-order valence-corrected chi connectivity index (χ1v) is 16.3. The van der Waals surface area contributed by atoms with E-state index in [2.05, 4.69) is 21.7 Å². The molecule has 0 radical (unpaired) electrons. The van der Waals surface area contributed by atoms with Crippen LogP contribution in [0.4, 0.5) is 27.4 Å². The number of rotatable bonds is 8. The molecule has 0 spiro atoms. The van der Waals surface area contributed by atoms with E-state index >= 15 is 0 Å². The van der Waals surface area contributed by atoms with Crippen molar-refractivity contribution in [2.75, 3.05) is 36.7 Å². The van der Waals surface area contributed by atoms with Gasteiger partial charge in [0.2, 0.25) is 0 Å². The Morgan fingerprint density at radius 3 is 2.55 bits per heavy atom. The van der Waals surface area contributed by atoms with Gasteiger partial charge < -0.3 is 24.8 Å². The summed E-state index contributed by atoms with van der Waals surface area (Å²) in [5.41, 5.74) is 1.74. The number of hydrogen-bond donors (Lipinski definition) is 2. The Morgan fingerprint density at radius 1 is 1.00 bits per heavy atom. The van der Waals surface area contributed by atoms with Crippen LogP contribution in [-0.4, -0.2) is 60.1 Å². The molecule has 2 N–H and O–H groups in total. The third-order valence-corrected chi connectivity index (χ3v) is 8.70. The lowest BCUT2D eigenvalue weighted by atomic mass is 10.1. The van der Waals surface area contributed by atoms with Crippen LogP contribution in [0.5, 0.6) is 5.75 Å². The summed E-state index contributed by atoms with van der Waals surface area (Å²) in [5.74, 6) is 1.10. The fourth-order valence-corrected chi connectivity index (χ4v) is 6.30. The zero-order chi connectivity index (χ0) is 30.8. The first kappa shape index (κ1) is 29.7. The largest absolute Gasteiger partial charge is 0.487 e. The predicted molar refractivity (Wildman–Crippen MR) is 161 cm³/mol. The molecule has 2 aliphatic heterocycles. The number of aromatic nitrogens is 4. The lowest BCUT2D eigenvalue weighted by Gasteiger charge is -2.25. The van der Waals surface area contributed by atoms with Gasteiger partial charge in [0.15, 0.2) is 26.9 Å². The monoisotopic (exact) mass is 621 g/mol. The van der Waals surface area contributed by atoms with E-state index in [9.17, 15) is 18.1 Å². The third kappa shape index (κ3) is 6.30. The third-order valence-electron chi connectivity index (χ3n) is 7.56. The van der Waals surface area contributed by atoms with Crippen LogP contribution in [0.3, 0.4) is 0 Å². The van der Waals surface area contributed by atoms with Gasteiger partial charge in [0, 0.05) is 31.8 Å². The minimum absolute atomic E-state index is 0.0528. The Balaban J connectivity index is 1.40. The van der Waals surface area contributed by atoms with Crippen molar-refractivity contribution in [1.29, 1.82) is 5.26 Å². The van der Waals surface area contributed by atoms with Gasteiger partial charge in [0.25, 0.3) is 0 Å². The molecular formula is C30H32FN7O5S. The SMILES string of the molecule is Cc1nc2c(Nc3ccc(F)cc3S(C)(=O)=O)cc(Nc3ccc(OC4CCOCC4)c(C#N)n3)nc2n1C1CCCCO1. The molecular weight excluding hydrogens is 589 g/mol. The second kappa shape index (κ2) is 12.4. The summed E-state index contributed by atoms with van der Waals surface area (Å²) in [5, 5.41) is 16.1. The average molecular weight is 622 g/mol. The molecule has 0 bridgehead atoms. The number of fused-ring (bicyclic) bond motifs is 1. The van der Waals surface area contributed by atoms with Gasteiger partial charge in [0.1, 0.15) is 47.2 Å². The Kier molecular flexibility index (Phi) is 8.35. The highest BCUT2D eigenvalue weighted by Gasteiger charge is 2.25. The Morgan fingerprint density at radius 2 is 1.82 bits per heavy atom. The summed E-state index contributed by atoms with van der Waals surface area (Å²) in [4.78, 5) is 13.9. The molecule has 2 saturated heterocycles. The number of nitrogens with zero attached hydrogens (tertiary/aromatic N) is 5. The smallest absolute Gasteiger partial charge is 0.184 e. The molecule has 5 heterocycles. The number of halogens is 1. The number of pyridine rings is 2. The van der Waals surface area contributed by atoms with Gasteiger partial charge in [-0.3, -0.25) is 4.57 Å². The van der Waals surface area contributed by atoms with E-state index in [1.54, 1.807) is 18.2 Å². The number of nitrogens with one attached hydrogen (secondary N) is 2. The number of anilines is 4. The molecule has 6 rings (SSSR count). The number of aryl methyl sites for hydroxylation is 1. The number of hydrogen-bond acceptors (Lipinski definition) is 11. The van der Waals surface area contributed by atoms with Crippen LogP contribution in [-0.2, 0) is 19.3 Å². The molecule has 1 atom stereocenters. The Hall–Kier alpha value is -4.32. The van der Waals surface area contributed by atoms with Crippen molar-refractivity contribution in [3.63, 3.8) is 0 Å². The zero-order valence-corrected chi connectivity index (χ0v) is 25.2. The van der Waals surface area contributed by atoms with Gasteiger partial charge >= 0.3 is 0 Å². The lowest BCUT2D eigenvalue weighted by molar-refractivity contribution is -0.0308. The minimum atomic E-state index is -3.77. The molecule has 4 aromatic rings. The lowest BCUT2D eigenvalue weighted by Crippen LogP contribution is -2.26. The van der Waals surface area contributed by atoms with Crippen LogP contribution in [0.2, 0.25) is 0 Å². The molecule has 14 heteroatoms. The second-order valence-electron chi connectivity index (χ2n) is 10.8. The first-order valence-electron chi connectivity index (χ1n) is 14.4. The van der Waals surface area contributed by atoms with Crippen molar-refractivity contribution in [2.24, 2.45) is 0 Å². The van der Waals surface area contributed by atoms with Gasteiger partial charge in [-0.2, -0.15) is 5.26 Å². The van der Waals surface area contributed by atoms with E-state index in [0.717, 1.165) is 44.4 Å². The van der Waals surface area contributed by atoms with Crippen molar-refractivity contribution >= 4 is 44.0 Å². The van der Waals surface area contributed by atoms with Crippen molar-refractivity contribution in [2.45, 2.75) is 56.3 Å². The van der Waals surface area contributed by atoms with E-state index in [1.165, 1.54) is 12.1 Å². The van der Waals surface area contributed by atoms with Crippen LogP contribution in [0.1, 0.15) is 49.9 Å². The van der Waals surface area contributed by atoms with E-state index < -0.39 is 15.7 Å².